The van der Waals surface area contributed by atoms with Gasteiger partial charge < -0.3 is 10.6 Å². The molecule has 27 heavy (non-hydrogen) atoms. The van der Waals surface area contributed by atoms with Gasteiger partial charge in [-0.25, -0.2) is 8.42 Å². The van der Waals surface area contributed by atoms with Crippen molar-refractivity contribution in [2.75, 3.05) is 38.2 Å². The van der Waals surface area contributed by atoms with Gasteiger partial charge in [-0.05, 0) is 57.0 Å². The van der Waals surface area contributed by atoms with Crippen molar-refractivity contribution in [3.8, 4) is 0 Å². The average Bonchev–Trinajstić information content (AvgIpc) is 3.11. The zero-order valence-corrected chi connectivity index (χ0v) is 18.4. The van der Waals surface area contributed by atoms with E-state index in [1.165, 1.54) is 30.5 Å². The monoisotopic (exact) mass is 414 g/mol. The summed E-state index contributed by atoms with van der Waals surface area (Å²) in [5.41, 5.74) is 0. The maximum absolute atomic E-state index is 11.3. The van der Waals surface area contributed by atoms with Crippen LogP contribution < -0.4 is 10.6 Å². The number of guanidine groups is 1. The molecule has 0 aromatic carbocycles. The van der Waals surface area contributed by atoms with Gasteiger partial charge in [-0.1, -0.05) is 6.07 Å². The first-order valence-corrected chi connectivity index (χ1v) is 12.8. The molecule has 2 atom stereocenters. The lowest BCUT2D eigenvalue weighted by atomic mass is 9.98. The summed E-state index contributed by atoms with van der Waals surface area (Å²) in [5, 5.41) is 8.75. The minimum Gasteiger partial charge on any atom is -0.357 e. The smallest absolute Gasteiger partial charge is 0.191 e. The van der Waals surface area contributed by atoms with Gasteiger partial charge in [0.1, 0.15) is 9.84 Å². The van der Waals surface area contributed by atoms with Gasteiger partial charge in [0.15, 0.2) is 5.96 Å². The second-order valence-corrected chi connectivity index (χ2v) is 10.8. The van der Waals surface area contributed by atoms with Crippen LogP contribution in [0.15, 0.2) is 22.5 Å². The lowest BCUT2D eigenvalue weighted by Gasteiger charge is -2.31. The second-order valence-electron chi connectivity index (χ2n) is 7.51. The molecule has 1 fully saturated rings. The summed E-state index contributed by atoms with van der Waals surface area (Å²) in [4.78, 5) is 8.73. The zero-order valence-electron chi connectivity index (χ0n) is 16.8. The number of sulfone groups is 1. The molecule has 0 radical (unpaired) electrons. The van der Waals surface area contributed by atoms with E-state index < -0.39 is 9.84 Å². The number of hydrogen-bond donors (Lipinski definition) is 2. The van der Waals surface area contributed by atoms with E-state index in [1.54, 1.807) is 0 Å². The van der Waals surface area contributed by atoms with E-state index in [1.807, 2.05) is 25.2 Å². The topological polar surface area (TPSA) is 73.8 Å². The van der Waals surface area contributed by atoms with Gasteiger partial charge in [-0.3, -0.25) is 9.89 Å². The highest BCUT2D eigenvalue weighted by atomic mass is 32.2. The van der Waals surface area contributed by atoms with Crippen LogP contribution in [0, 0.1) is 5.92 Å². The Morgan fingerprint density at radius 3 is 2.96 bits per heavy atom. The Balaban J connectivity index is 1.83. The first-order chi connectivity index (χ1) is 12.9. The molecular formula is C19H34N4O2S2. The van der Waals surface area contributed by atoms with Crippen molar-refractivity contribution < 1.29 is 8.42 Å². The molecular weight excluding hydrogens is 380 g/mol. The van der Waals surface area contributed by atoms with E-state index >= 15 is 0 Å². The van der Waals surface area contributed by atoms with Crippen molar-refractivity contribution in [3.05, 3.63) is 22.4 Å². The Kier molecular flexibility index (Phi) is 9.05. The fourth-order valence-corrected chi connectivity index (χ4v) is 4.83. The van der Waals surface area contributed by atoms with Gasteiger partial charge in [0.05, 0.1) is 5.75 Å². The third kappa shape index (κ3) is 9.08. The standard InChI is InChI=1S/C19H34N4O2S2/c1-4-20-19(22-16(2)9-12-27(3,24)25)21-13-17-7-5-10-23(14-17)15-18-8-6-11-26-18/h6,8,11,16-17H,4-5,7,9-10,12-15H2,1-3H3,(H2,20,21,22). The normalized spacial score (nSPS) is 20.4. The lowest BCUT2D eigenvalue weighted by Crippen LogP contribution is -2.43. The highest BCUT2D eigenvalue weighted by Crippen LogP contribution is 2.20. The molecule has 1 aliphatic heterocycles. The Labute approximate surface area is 168 Å². The van der Waals surface area contributed by atoms with Gasteiger partial charge >= 0.3 is 0 Å². The maximum Gasteiger partial charge on any atom is 0.191 e. The number of aliphatic imine (C=N–C) groups is 1. The fourth-order valence-electron chi connectivity index (χ4n) is 3.30. The maximum atomic E-state index is 11.3. The molecule has 1 aromatic rings. The van der Waals surface area contributed by atoms with E-state index in [-0.39, 0.29) is 11.8 Å². The molecule has 8 heteroatoms. The van der Waals surface area contributed by atoms with Crippen LogP contribution in [0.4, 0.5) is 0 Å². The van der Waals surface area contributed by atoms with E-state index in [9.17, 15) is 8.42 Å². The van der Waals surface area contributed by atoms with E-state index in [2.05, 4.69) is 33.0 Å². The third-order valence-electron chi connectivity index (χ3n) is 4.72. The fraction of sp³-hybridized carbons (Fsp3) is 0.737. The molecule has 1 saturated heterocycles. The van der Waals surface area contributed by atoms with Gasteiger partial charge in [0.2, 0.25) is 0 Å². The Morgan fingerprint density at radius 1 is 1.48 bits per heavy atom. The largest absolute Gasteiger partial charge is 0.357 e. The van der Waals surface area contributed by atoms with Crippen LogP contribution in [0.5, 0.6) is 0 Å². The molecule has 2 heterocycles. The molecule has 2 rings (SSSR count). The van der Waals surface area contributed by atoms with Gasteiger partial charge in [0.25, 0.3) is 0 Å². The molecule has 0 amide bonds. The van der Waals surface area contributed by atoms with Crippen molar-refractivity contribution in [1.82, 2.24) is 15.5 Å². The predicted octanol–water partition coefficient (Wildman–Crippen LogP) is 2.34. The minimum atomic E-state index is -2.93. The second kappa shape index (κ2) is 11.0. The van der Waals surface area contributed by atoms with E-state index in [0.29, 0.717) is 12.3 Å². The molecule has 0 saturated carbocycles. The van der Waals surface area contributed by atoms with Crippen LogP contribution in [-0.2, 0) is 16.4 Å². The summed E-state index contributed by atoms with van der Waals surface area (Å²) in [6, 6.07) is 4.39. The molecule has 1 aliphatic rings. The van der Waals surface area contributed by atoms with Crippen LogP contribution in [-0.4, -0.2) is 63.5 Å². The lowest BCUT2D eigenvalue weighted by molar-refractivity contribution is 0.172. The number of nitrogens with zero attached hydrogens (tertiary/aromatic N) is 2. The summed E-state index contributed by atoms with van der Waals surface area (Å²) in [6.07, 6.45) is 4.30. The quantitative estimate of drug-likeness (QED) is 0.479. The highest BCUT2D eigenvalue weighted by Gasteiger charge is 2.20. The molecule has 6 nitrogen and oxygen atoms in total. The average molecular weight is 415 g/mol. The van der Waals surface area contributed by atoms with Crippen molar-refractivity contribution >= 4 is 27.1 Å². The van der Waals surface area contributed by atoms with Crippen LogP contribution in [0.25, 0.3) is 0 Å². The number of thiophene rings is 1. The molecule has 0 aliphatic carbocycles. The Bertz CT molecular complexity index is 674. The zero-order chi connectivity index (χ0) is 19.7. The molecule has 1 aromatic heterocycles. The SMILES string of the molecule is CCNC(=NCC1CCCN(Cc2cccs2)C1)NC(C)CCS(C)(=O)=O. The summed E-state index contributed by atoms with van der Waals surface area (Å²) in [7, 11) is -2.93. The first kappa shape index (κ1) is 22.2. The minimum absolute atomic E-state index is 0.0687. The first-order valence-electron chi connectivity index (χ1n) is 9.83. The molecule has 0 bridgehead atoms. The van der Waals surface area contributed by atoms with Crippen molar-refractivity contribution in [1.29, 1.82) is 0 Å². The summed E-state index contributed by atoms with van der Waals surface area (Å²) >= 11 is 1.82. The van der Waals surface area contributed by atoms with Crippen molar-refractivity contribution in [2.24, 2.45) is 10.9 Å². The van der Waals surface area contributed by atoms with Crippen LogP contribution in [0.2, 0.25) is 0 Å². The van der Waals surface area contributed by atoms with E-state index in [4.69, 9.17) is 4.99 Å². The highest BCUT2D eigenvalue weighted by molar-refractivity contribution is 7.90. The molecule has 0 spiro atoms. The predicted molar refractivity (Wildman–Crippen MR) is 115 cm³/mol. The number of likely N-dealkylation sites (tertiary alicyclic amines) is 1. The van der Waals surface area contributed by atoms with Crippen molar-refractivity contribution in [3.63, 3.8) is 0 Å². The number of nitrogens with one attached hydrogen (secondary N) is 2. The number of hydrogen-bond acceptors (Lipinski definition) is 5. The van der Waals surface area contributed by atoms with E-state index in [0.717, 1.165) is 32.1 Å². The van der Waals surface area contributed by atoms with Gasteiger partial charge in [0, 0.05) is 43.4 Å². The number of piperidine rings is 1. The summed E-state index contributed by atoms with van der Waals surface area (Å²) in [6.45, 7) is 8.93. The van der Waals surface area contributed by atoms with Gasteiger partial charge in [-0.2, -0.15) is 0 Å². The summed E-state index contributed by atoms with van der Waals surface area (Å²) in [5.74, 6) is 1.55. The van der Waals surface area contributed by atoms with Crippen LogP contribution in [0.3, 0.4) is 0 Å². The van der Waals surface area contributed by atoms with Gasteiger partial charge in [-0.15, -0.1) is 11.3 Å². The molecule has 154 valence electrons. The Morgan fingerprint density at radius 2 is 2.30 bits per heavy atom. The van der Waals surface area contributed by atoms with Crippen molar-refractivity contribution in [2.45, 2.75) is 45.7 Å². The third-order valence-corrected chi connectivity index (χ3v) is 6.56. The number of rotatable bonds is 9. The molecule has 2 unspecified atom stereocenters. The molecule has 2 N–H and O–H groups in total. The summed E-state index contributed by atoms with van der Waals surface area (Å²) < 4.78 is 22.7. The van der Waals surface area contributed by atoms with Crippen LogP contribution in [0.1, 0.15) is 38.0 Å². The van der Waals surface area contributed by atoms with Crippen LogP contribution >= 0.6 is 11.3 Å². The Hall–Kier alpha value is -1.12.